The van der Waals surface area contributed by atoms with Crippen LogP contribution in [0.15, 0.2) is 41.3 Å². The fraction of sp³-hybridized carbons (Fsp3) is 0.0909. The van der Waals surface area contributed by atoms with Crippen LogP contribution < -0.4 is 5.32 Å². The van der Waals surface area contributed by atoms with Crippen molar-refractivity contribution in [1.29, 1.82) is 0 Å². The fourth-order valence-electron chi connectivity index (χ4n) is 1.60. The molecule has 0 saturated heterocycles. The summed E-state index contributed by atoms with van der Waals surface area (Å²) in [4.78, 5) is 1.16. The second kappa shape index (κ2) is 4.61. The van der Waals surface area contributed by atoms with Crippen LogP contribution in [0.2, 0.25) is 0 Å². The van der Waals surface area contributed by atoms with E-state index in [4.69, 9.17) is 0 Å². The lowest BCUT2D eigenvalue weighted by molar-refractivity contribution is 0.736. The highest BCUT2D eigenvalue weighted by Crippen LogP contribution is 2.26. The normalized spacial score (nSPS) is 10.7. The van der Waals surface area contributed by atoms with Crippen LogP contribution in [0.5, 0.6) is 0 Å². The smallest absolute Gasteiger partial charge is 0.200 e. The minimum absolute atomic E-state index is 0.624. The van der Waals surface area contributed by atoms with E-state index in [1.165, 1.54) is 4.63 Å². The standard InChI is InChI=1S/C11H10N6S/c1-18-9-5-3-2-4-8(9)12-10-6-7-11-13-15-16-17(11)14-10/h2-7H,1H3,(H,12,14). The number of fused-ring (bicyclic) bond motifs is 1. The van der Waals surface area contributed by atoms with Gasteiger partial charge in [0.25, 0.3) is 0 Å². The van der Waals surface area contributed by atoms with Crippen molar-refractivity contribution in [2.75, 3.05) is 11.6 Å². The second-order valence-corrected chi connectivity index (χ2v) is 4.42. The van der Waals surface area contributed by atoms with Gasteiger partial charge >= 0.3 is 0 Å². The Hall–Kier alpha value is -2.15. The van der Waals surface area contributed by atoms with Gasteiger partial charge in [0.1, 0.15) is 0 Å². The maximum absolute atomic E-state index is 4.27. The summed E-state index contributed by atoms with van der Waals surface area (Å²) in [7, 11) is 0. The molecule has 0 radical (unpaired) electrons. The number of hydrogen-bond acceptors (Lipinski definition) is 6. The number of para-hydroxylation sites is 1. The zero-order valence-electron chi connectivity index (χ0n) is 9.61. The SMILES string of the molecule is CSc1ccccc1Nc1ccc2nnnn2n1. The molecule has 0 saturated carbocycles. The molecule has 2 aromatic heterocycles. The Balaban J connectivity index is 1.95. The Morgan fingerprint density at radius 2 is 2.06 bits per heavy atom. The number of aromatic nitrogens is 5. The van der Waals surface area contributed by atoms with E-state index in [1.807, 2.05) is 36.6 Å². The Kier molecular flexibility index (Phi) is 2.81. The molecule has 0 aliphatic carbocycles. The maximum atomic E-state index is 4.27. The highest BCUT2D eigenvalue weighted by atomic mass is 32.2. The van der Waals surface area contributed by atoms with Crippen molar-refractivity contribution < 1.29 is 0 Å². The number of nitrogens with zero attached hydrogens (tertiary/aromatic N) is 5. The highest BCUT2D eigenvalue weighted by Gasteiger charge is 2.04. The molecule has 0 fully saturated rings. The van der Waals surface area contributed by atoms with Gasteiger partial charge in [-0.1, -0.05) is 12.1 Å². The topological polar surface area (TPSA) is 68.0 Å². The van der Waals surface area contributed by atoms with Crippen molar-refractivity contribution in [3.8, 4) is 0 Å². The minimum Gasteiger partial charge on any atom is -0.338 e. The molecular weight excluding hydrogens is 248 g/mol. The zero-order valence-corrected chi connectivity index (χ0v) is 10.4. The van der Waals surface area contributed by atoms with E-state index < -0.39 is 0 Å². The average molecular weight is 258 g/mol. The van der Waals surface area contributed by atoms with E-state index in [0.29, 0.717) is 11.5 Å². The average Bonchev–Trinajstić information content (AvgIpc) is 2.87. The second-order valence-electron chi connectivity index (χ2n) is 3.57. The van der Waals surface area contributed by atoms with Gasteiger partial charge in [0, 0.05) is 4.90 Å². The molecule has 0 aliphatic heterocycles. The number of benzene rings is 1. The van der Waals surface area contributed by atoms with E-state index in [-0.39, 0.29) is 0 Å². The number of tetrazole rings is 1. The summed E-state index contributed by atoms with van der Waals surface area (Å²) in [5.41, 5.74) is 1.64. The van der Waals surface area contributed by atoms with Gasteiger partial charge in [-0.2, -0.15) is 0 Å². The van der Waals surface area contributed by atoms with Gasteiger partial charge in [-0.3, -0.25) is 0 Å². The highest BCUT2D eigenvalue weighted by molar-refractivity contribution is 7.98. The molecule has 7 heteroatoms. The summed E-state index contributed by atoms with van der Waals surface area (Å²) in [5.74, 6) is 0.705. The summed E-state index contributed by atoms with van der Waals surface area (Å²) < 4.78 is 1.39. The first-order valence-corrected chi connectivity index (χ1v) is 6.55. The Morgan fingerprint density at radius 1 is 1.17 bits per heavy atom. The van der Waals surface area contributed by atoms with Crippen LogP contribution >= 0.6 is 11.8 Å². The Labute approximate surface area is 107 Å². The molecule has 6 nitrogen and oxygen atoms in total. The molecule has 0 spiro atoms. The van der Waals surface area contributed by atoms with Gasteiger partial charge in [-0.15, -0.1) is 26.6 Å². The van der Waals surface area contributed by atoms with E-state index in [9.17, 15) is 0 Å². The molecule has 0 amide bonds. The first kappa shape index (κ1) is 11.0. The van der Waals surface area contributed by atoms with Crippen LogP contribution in [0.3, 0.4) is 0 Å². The number of hydrogen-bond donors (Lipinski definition) is 1. The number of nitrogens with one attached hydrogen (secondary N) is 1. The van der Waals surface area contributed by atoms with Crippen LogP contribution in [-0.2, 0) is 0 Å². The monoisotopic (exact) mass is 258 g/mol. The van der Waals surface area contributed by atoms with Crippen LogP contribution in [0, 0.1) is 0 Å². The summed E-state index contributed by atoms with van der Waals surface area (Å²) in [6.45, 7) is 0. The first-order chi connectivity index (χ1) is 8.86. The third-order valence-corrected chi connectivity index (χ3v) is 3.24. The van der Waals surface area contributed by atoms with Crippen molar-refractivity contribution in [3.63, 3.8) is 0 Å². The summed E-state index contributed by atoms with van der Waals surface area (Å²) in [6, 6.07) is 11.7. The number of rotatable bonds is 3. The lowest BCUT2D eigenvalue weighted by atomic mass is 10.3. The van der Waals surface area contributed by atoms with Crippen molar-refractivity contribution in [1.82, 2.24) is 25.3 Å². The number of thioether (sulfide) groups is 1. The molecule has 1 aromatic carbocycles. The fourth-order valence-corrected chi connectivity index (χ4v) is 2.16. The molecule has 2 heterocycles. The molecule has 0 aliphatic rings. The van der Waals surface area contributed by atoms with Gasteiger partial charge in [-0.05, 0) is 40.9 Å². The van der Waals surface area contributed by atoms with Gasteiger partial charge in [0.15, 0.2) is 11.5 Å². The minimum atomic E-state index is 0.624. The third-order valence-electron chi connectivity index (χ3n) is 2.44. The van der Waals surface area contributed by atoms with Gasteiger partial charge in [-0.25, -0.2) is 0 Å². The quantitative estimate of drug-likeness (QED) is 0.724. The number of anilines is 2. The molecule has 18 heavy (non-hydrogen) atoms. The molecule has 0 unspecified atom stereocenters. The molecule has 1 N–H and O–H groups in total. The third kappa shape index (κ3) is 2.00. The molecular formula is C11H10N6S. The summed E-state index contributed by atoms with van der Waals surface area (Å²) in [6.07, 6.45) is 2.04. The molecule has 0 atom stereocenters. The van der Waals surface area contributed by atoms with Crippen LogP contribution in [-0.4, -0.2) is 31.5 Å². The van der Waals surface area contributed by atoms with E-state index in [1.54, 1.807) is 11.8 Å². The molecule has 0 bridgehead atoms. The lowest BCUT2D eigenvalue weighted by Gasteiger charge is -2.08. The van der Waals surface area contributed by atoms with Crippen LogP contribution in [0.25, 0.3) is 5.65 Å². The van der Waals surface area contributed by atoms with Crippen molar-refractivity contribution >= 4 is 28.9 Å². The molecule has 3 rings (SSSR count). The van der Waals surface area contributed by atoms with Crippen molar-refractivity contribution in [3.05, 3.63) is 36.4 Å². The zero-order chi connectivity index (χ0) is 12.4. The van der Waals surface area contributed by atoms with Gasteiger partial charge < -0.3 is 5.32 Å². The maximum Gasteiger partial charge on any atom is 0.200 e. The van der Waals surface area contributed by atoms with E-state index >= 15 is 0 Å². The van der Waals surface area contributed by atoms with E-state index in [0.717, 1.165) is 10.6 Å². The van der Waals surface area contributed by atoms with Crippen molar-refractivity contribution in [2.24, 2.45) is 0 Å². The van der Waals surface area contributed by atoms with Crippen LogP contribution in [0.4, 0.5) is 11.5 Å². The largest absolute Gasteiger partial charge is 0.338 e. The predicted octanol–water partition coefficient (Wildman–Crippen LogP) is 1.98. The van der Waals surface area contributed by atoms with Crippen molar-refractivity contribution in [2.45, 2.75) is 4.90 Å². The van der Waals surface area contributed by atoms with Gasteiger partial charge in [0.05, 0.1) is 5.69 Å². The Morgan fingerprint density at radius 3 is 2.94 bits per heavy atom. The summed E-state index contributed by atoms with van der Waals surface area (Å²) >= 11 is 1.68. The van der Waals surface area contributed by atoms with E-state index in [2.05, 4.69) is 32.0 Å². The lowest BCUT2D eigenvalue weighted by Crippen LogP contribution is -2.00. The van der Waals surface area contributed by atoms with Gasteiger partial charge in [0.2, 0.25) is 0 Å². The first-order valence-electron chi connectivity index (χ1n) is 5.32. The predicted molar refractivity (Wildman–Crippen MR) is 70.1 cm³/mol. The van der Waals surface area contributed by atoms with Crippen LogP contribution in [0.1, 0.15) is 0 Å². The Bertz CT molecular complexity index is 680. The summed E-state index contributed by atoms with van der Waals surface area (Å²) in [5, 5.41) is 18.6. The molecule has 90 valence electrons. The molecule has 3 aromatic rings.